The van der Waals surface area contributed by atoms with Gasteiger partial charge in [0.2, 0.25) is 0 Å². The summed E-state index contributed by atoms with van der Waals surface area (Å²) in [4.78, 5) is 21.6. The maximum absolute atomic E-state index is 12.7. The highest BCUT2D eigenvalue weighted by Crippen LogP contribution is 2.25. The van der Waals surface area contributed by atoms with Gasteiger partial charge in [0, 0.05) is 18.7 Å². The first-order valence-corrected chi connectivity index (χ1v) is 5.59. The van der Waals surface area contributed by atoms with E-state index in [9.17, 15) is 32.5 Å². The molecule has 0 aromatic heterocycles. The lowest BCUT2D eigenvalue weighted by molar-refractivity contribution is -0.383. The molecule has 0 radical (unpaired) electrons. The Kier molecular flexibility index (Phi) is 5.06. The number of nitro groups is 1. The molecule has 0 aliphatic heterocycles. The summed E-state index contributed by atoms with van der Waals surface area (Å²) in [5.41, 5.74) is -0.491. The lowest BCUT2D eigenvalue weighted by Gasteiger charge is -2.15. The fourth-order valence-electron chi connectivity index (χ4n) is 1.41. The highest BCUT2D eigenvalue weighted by molar-refractivity contribution is 5.95. The van der Waals surface area contributed by atoms with Crippen LogP contribution in [0, 0.1) is 10.1 Å². The van der Waals surface area contributed by atoms with Crippen molar-refractivity contribution in [2.75, 3.05) is 18.9 Å². The third-order valence-corrected chi connectivity index (χ3v) is 2.53. The highest BCUT2D eigenvalue weighted by atomic mass is 19.3. The standard InChI is InChI=1S/C11H11F4N3O3/c1-16-7-4-6(2-3-8(7)18(20)21)9(19)17-5-11(14,15)10(12)13/h2-4,10,16H,5H2,1H3,(H,17,19). The van der Waals surface area contributed by atoms with Gasteiger partial charge in [-0.25, -0.2) is 8.78 Å². The van der Waals surface area contributed by atoms with Crippen LogP contribution in [0.25, 0.3) is 0 Å². The van der Waals surface area contributed by atoms with E-state index in [1.54, 1.807) is 5.32 Å². The van der Waals surface area contributed by atoms with Crippen LogP contribution in [0.4, 0.5) is 28.9 Å². The van der Waals surface area contributed by atoms with Gasteiger partial charge in [0.25, 0.3) is 11.6 Å². The Balaban J connectivity index is 2.87. The predicted octanol–water partition coefficient (Wildman–Crippen LogP) is 2.27. The summed E-state index contributed by atoms with van der Waals surface area (Å²) < 4.78 is 49.2. The number of carbonyl (C=O) groups is 1. The smallest absolute Gasteiger partial charge is 0.324 e. The fraction of sp³-hybridized carbons (Fsp3) is 0.364. The van der Waals surface area contributed by atoms with Crippen molar-refractivity contribution in [3.8, 4) is 0 Å². The van der Waals surface area contributed by atoms with E-state index in [0.29, 0.717) is 0 Å². The highest BCUT2D eigenvalue weighted by Gasteiger charge is 2.40. The summed E-state index contributed by atoms with van der Waals surface area (Å²) in [7, 11) is 1.37. The maximum Gasteiger partial charge on any atom is 0.324 e. The number of amides is 1. The number of nitrogens with zero attached hydrogens (tertiary/aromatic N) is 1. The van der Waals surface area contributed by atoms with Crippen LogP contribution in [0.5, 0.6) is 0 Å². The zero-order chi connectivity index (χ0) is 16.2. The van der Waals surface area contributed by atoms with Crippen molar-refractivity contribution >= 4 is 17.3 Å². The summed E-state index contributed by atoms with van der Waals surface area (Å²) in [6.45, 7) is -1.53. The Morgan fingerprint density at radius 1 is 1.43 bits per heavy atom. The molecule has 2 N–H and O–H groups in total. The van der Waals surface area contributed by atoms with Gasteiger partial charge >= 0.3 is 12.3 Å². The van der Waals surface area contributed by atoms with Crippen molar-refractivity contribution in [1.82, 2.24) is 5.32 Å². The molecule has 1 aromatic rings. The van der Waals surface area contributed by atoms with Crippen molar-refractivity contribution in [3.63, 3.8) is 0 Å². The molecule has 0 aliphatic carbocycles. The number of anilines is 1. The minimum absolute atomic E-state index is 0.00623. The molecule has 0 heterocycles. The predicted molar refractivity (Wildman–Crippen MR) is 65.9 cm³/mol. The minimum Gasteiger partial charge on any atom is -0.383 e. The molecule has 0 spiro atoms. The van der Waals surface area contributed by atoms with Crippen molar-refractivity contribution in [1.29, 1.82) is 0 Å². The summed E-state index contributed by atoms with van der Waals surface area (Å²) in [6, 6.07) is 3.11. The average Bonchev–Trinajstić information content (AvgIpc) is 2.43. The molecule has 1 rings (SSSR count). The van der Waals surface area contributed by atoms with Gasteiger partial charge in [-0.05, 0) is 12.1 Å². The monoisotopic (exact) mass is 309 g/mol. The second kappa shape index (κ2) is 6.37. The topological polar surface area (TPSA) is 84.3 Å². The number of alkyl halides is 4. The van der Waals surface area contributed by atoms with Crippen LogP contribution in [-0.4, -0.2) is 36.8 Å². The largest absolute Gasteiger partial charge is 0.383 e. The number of benzene rings is 1. The van der Waals surface area contributed by atoms with Gasteiger partial charge in [-0.1, -0.05) is 0 Å². The SMILES string of the molecule is CNc1cc(C(=O)NCC(F)(F)C(F)F)ccc1[N+](=O)[O-]. The molecular weight excluding hydrogens is 298 g/mol. The number of nitro benzene ring substituents is 1. The maximum atomic E-state index is 12.7. The quantitative estimate of drug-likeness (QED) is 0.479. The van der Waals surface area contributed by atoms with Gasteiger partial charge < -0.3 is 10.6 Å². The first-order valence-electron chi connectivity index (χ1n) is 5.59. The van der Waals surface area contributed by atoms with Crippen LogP contribution < -0.4 is 10.6 Å². The van der Waals surface area contributed by atoms with Crippen molar-refractivity contribution in [2.45, 2.75) is 12.3 Å². The van der Waals surface area contributed by atoms with Crippen molar-refractivity contribution in [3.05, 3.63) is 33.9 Å². The molecular formula is C11H11F4N3O3. The lowest BCUT2D eigenvalue weighted by Crippen LogP contribution is -2.41. The molecule has 0 atom stereocenters. The number of hydrogen-bond donors (Lipinski definition) is 2. The molecule has 0 saturated carbocycles. The number of rotatable bonds is 6. The van der Waals surface area contributed by atoms with E-state index in [1.807, 2.05) is 0 Å². The molecule has 10 heteroatoms. The molecule has 21 heavy (non-hydrogen) atoms. The summed E-state index contributed by atoms with van der Waals surface area (Å²) in [6.07, 6.45) is -3.90. The fourth-order valence-corrected chi connectivity index (χ4v) is 1.41. The van der Waals surface area contributed by atoms with Gasteiger partial charge in [-0.3, -0.25) is 14.9 Å². The molecule has 0 unspecified atom stereocenters. The van der Waals surface area contributed by atoms with E-state index in [1.165, 1.54) is 7.05 Å². The Morgan fingerprint density at radius 2 is 2.05 bits per heavy atom. The molecule has 116 valence electrons. The molecule has 0 saturated heterocycles. The second-order valence-corrected chi connectivity index (χ2v) is 3.98. The van der Waals surface area contributed by atoms with Crippen LogP contribution in [-0.2, 0) is 0 Å². The van der Waals surface area contributed by atoms with Gasteiger partial charge in [0.1, 0.15) is 5.69 Å². The van der Waals surface area contributed by atoms with E-state index in [0.717, 1.165) is 18.2 Å². The summed E-state index contributed by atoms with van der Waals surface area (Å²) >= 11 is 0. The van der Waals surface area contributed by atoms with Crippen molar-refractivity contribution in [2.24, 2.45) is 0 Å². The Hall–Kier alpha value is -2.39. The molecule has 0 aliphatic rings. The molecule has 0 fully saturated rings. The zero-order valence-corrected chi connectivity index (χ0v) is 10.7. The first-order chi connectivity index (χ1) is 9.69. The average molecular weight is 309 g/mol. The van der Waals surface area contributed by atoms with Gasteiger partial charge in [-0.15, -0.1) is 0 Å². The van der Waals surface area contributed by atoms with E-state index >= 15 is 0 Å². The van der Waals surface area contributed by atoms with Crippen LogP contribution in [0.3, 0.4) is 0 Å². The Bertz CT molecular complexity index is 552. The first kappa shape index (κ1) is 16.7. The molecule has 1 aromatic carbocycles. The van der Waals surface area contributed by atoms with E-state index < -0.39 is 29.7 Å². The summed E-state index contributed by atoms with van der Waals surface area (Å²) in [5.74, 6) is -5.39. The second-order valence-electron chi connectivity index (χ2n) is 3.98. The number of halogens is 4. The van der Waals surface area contributed by atoms with Gasteiger partial charge in [-0.2, -0.15) is 8.78 Å². The van der Waals surface area contributed by atoms with Crippen LogP contribution in [0.15, 0.2) is 18.2 Å². The zero-order valence-electron chi connectivity index (χ0n) is 10.7. The van der Waals surface area contributed by atoms with Gasteiger partial charge in [0.05, 0.1) is 11.5 Å². The third-order valence-electron chi connectivity index (χ3n) is 2.53. The normalized spacial score (nSPS) is 11.3. The van der Waals surface area contributed by atoms with Crippen LogP contribution in [0.1, 0.15) is 10.4 Å². The Labute approximate surface area is 116 Å². The molecule has 6 nitrogen and oxygen atoms in total. The van der Waals surface area contributed by atoms with E-state index in [-0.39, 0.29) is 16.9 Å². The molecule has 0 bridgehead atoms. The minimum atomic E-state index is -4.34. The number of hydrogen-bond acceptors (Lipinski definition) is 4. The lowest BCUT2D eigenvalue weighted by atomic mass is 10.1. The van der Waals surface area contributed by atoms with Gasteiger partial charge in [0.15, 0.2) is 0 Å². The number of carbonyl (C=O) groups excluding carboxylic acids is 1. The van der Waals surface area contributed by atoms with E-state index in [4.69, 9.17) is 0 Å². The summed E-state index contributed by atoms with van der Waals surface area (Å²) in [5, 5.41) is 14.8. The number of nitrogens with one attached hydrogen (secondary N) is 2. The van der Waals surface area contributed by atoms with E-state index in [2.05, 4.69) is 5.32 Å². The molecule has 1 amide bonds. The van der Waals surface area contributed by atoms with Crippen molar-refractivity contribution < 1.29 is 27.3 Å². The third kappa shape index (κ3) is 4.04. The van der Waals surface area contributed by atoms with Crippen LogP contribution >= 0.6 is 0 Å². The Morgan fingerprint density at radius 3 is 2.52 bits per heavy atom. The van der Waals surface area contributed by atoms with Crippen LogP contribution in [0.2, 0.25) is 0 Å².